The van der Waals surface area contributed by atoms with Crippen molar-refractivity contribution in [3.8, 4) is 5.95 Å². The SMILES string of the molecule is CC(C)c1cc(NC(=O)CC2(CN)CCCCC2)n(-c2ncccn2)n1. The van der Waals surface area contributed by atoms with Gasteiger partial charge in [0.2, 0.25) is 5.91 Å². The summed E-state index contributed by atoms with van der Waals surface area (Å²) >= 11 is 0. The summed E-state index contributed by atoms with van der Waals surface area (Å²) in [5.41, 5.74) is 6.84. The first-order valence-corrected chi connectivity index (χ1v) is 9.40. The summed E-state index contributed by atoms with van der Waals surface area (Å²) < 4.78 is 1.60. The van der Waals surface area contributed by atoms with E-state index in [1.54, 1.807) is 23.1 Å². The molecule has 0 unspecified atom stereocenters. The second-order valence-electron chi connectivity index (χ2n) is 7.56. The molecule has 2 aromatic rings. The Balaban J connectivity index is 1.81. The summed E-state index contributed by atoms with van der Waals surface area (Å²) in [7, 11) is 0. The molecule has 0 spiro atoms. The quantitative estimate of drug-likeness (QED) is 0.829. The Morgan fingerprint density at radius 2 is 1.96 bits per heavy atom. The number of hydrogen-bond acceptors (Lipinski definition) is 5. The zero-order valence-electron chi connectivity index (χ0n) is 15.6. The maximum atomic E-state index is 12.8. The van der Waals surface area contributed by atoms with E-state index in [4.69, 9.17) is 5.73 Å². The van der Waals surface area contributed by atoms with Crippen molar-refractivity contribution in [2.24, 2.45) is 11.1 Å². The van der Waals surface area contributed by atoms with E-state index >= 15 is 0 Å². The average molecular weight is 356 g/mol. The summed E-state index contributed by atoms with van der Waals surface area (Å²) in [6, 6.07) is 3.65. The fourth-order valence-electron chi connectivity index (χ4n) is 3.61. The van der Waals surface area contributed by atoms with Crippen LogP contribution in [0.4, 0.5) is 5.82 Å². The molecule has 7 heteroatoms. The lowest BCUT2D eigenvalue weighted by Gasteiger charge is -2.35. The first kappa shape index (κ1) is 18.5. The molecule has 1 fully saturated rings. The van der Waals surface area contributed by atoms with Gasteiger partial charge in [0.1, 0.15) is 5.82 Å². The van der Waals surface area contributed by atoms with Gasteiger partial charge in [-0.05, 0) is 36.8 Å². The topological polar surface area (TPSA) is 98.7 Å². The zero-order chi connectivity index (χ0) is 18.6. The van der Waals surface area contributed by atoms with Crippen molar-refractivity contribution in [3.63, 3.8) is 0 Å². The normalized spacial score (nSPS) is 16.6. The van der Waals surface area contributed by atoms with Crippen LogP contribution in [-0.4, -0.2) is 32.2 Å². The van der Waals surface area contributed by atoms with Crippen LogP contribution in [0.3, 0.4) is 0 Å². The van der Waals surface area contributed by atoms with Crippen molar-refractivity contribution >= 4 is 11.7 Å². The molecule has 3 N–H and O–H groups in total. The number of nitrogens with zero attached hydrogens (tertiary/aromatic N) is 4. The molecule has 2 heterocycles. The minimum Gasteiger partial charge on any atom is -0.330 e. The second kappa shape index (κ2) is 7.95. The van der Waals surface area contributed by atoms with E-state index in [1.807, 2.05) is 6.07 Å². The molecule has 3 rings (SSSR count). The van der Waals surface area contributed by atoms with Crippen LogP contribution >= 0.6 is 0 Å². The van der Waals surface area contributed by atoms with Crippen LogP contribution in [0.1, 0.15) is 64.0 Å². The highest BCUT2D eigenvalue weighted by atomic mass is 16.1. The Kier molecular flexibility index (Phi) is 5.66. The van der Waals surface area contributed by atoms with Gasteiger partial charge in [-0.3, -0.25) is 4.79 Å². The zero-order valence-corrected chi connectivity index (χ0v) is 15.6. The molecule has 0 atom stereocenters. The number of carbonyl (C=O) groups excluding carboxylic acids is 1. The van der Waals surface area contributed by atoms with Crippen LogP contribution in [0, 0.1) is 5.41 Å². The molecular formula is C19H28N6O. The molecule has 1 aliphatic carbocycles. The van der Waals surface area contributed by atoms with Crippen molar-refractivity contribution in [1.82, 2.24) is 19.7 Å². The Labute approximate surface area is 154 Å². The van der Waals surface area contributed by atoms with Crippen LogP contribution in [0.15, 0.2) is 24.5 Å². The molecule has 0 aromatic carbocycles. The number of anilines is 1. The molecule has 1 amide bonds. The first-order valence-electron chi connectivity index (χ1n) is 9.40. The molecule has 140 valence electrons. The van der Waals surface area contributed by atoms with Gasteiger partial charge in [0, 0.05) is 24.9 Å². The minimum atomic E-state index is -0.0721. The molecule has 1 aliphatic rings. The van der Waals surface area contributed by atoms with E-state index in [2.05, 4.69) is 34.2 Å². The van der Waals surface area contributed by atoms with Gasteiger partial charge in [-0.25, -0.2) is 9.97 Å². The molecule has 0 bridgehead atoms. The average Bonchev–Trinajstić information content (AvgIpc) is 3.07. The monoisotopic (exact) mass is 356 g/mol. The lowest BCUT2D eigenvalue weighted by molar-refractivity contribution is -0.118. The number of nitrogens with one attached hydrogen (secondary N) is 1. The maximum Gasteiger partial charge on any atom is 0.252 e. The number of carbonyl (C=O) groups is 1. The van der Waals surface area contributed by atoms with Crippen LogP contribution < -0.4 is 11.1 Å². The summed E-state index contributed by atoms with van der Waals surface area (Å²) in [5, 5.41) is 7.59. The van der Waals surface area contributed by atoms with Gasteiger partial charge in [0.25, 0.3) is 5.95 Å². The summed E-state index contributed by atoms with van der Waals surface area (Å²) in [6.45, 7) is 4.68. The highest BCUT2D eigenvalue weighted by Gasteiger charge is 2.33. The number of amides is 1. The Morgan fingerprint density at radius 3 is 2.58 bits per heavy atom. The standard InChI is InChI=1S/C19H28N6O/c1-14(2)15-11-16(25(24-15)18-21-9-6-10-22-18)23-17(26)12-19(13-20)7-4-3-5-8-19/h6,9-11,14H,3-5,7-8,12-13,20H2,1-2H3,(H,23,26). The first-order chi connectivity index (χ1) is 12.5. The number of nitrogens with two attached hydrogens (primary N) is 1. The minimum absolute atomic E-state index is 0.0234. The molecule has 0 aliphatic heterocycles. The van der Waals surface area contributed by atoms with Crippen molar-refractivity contribution in [1.29, 1.82) is 0 Å². The van der Waals surface area contributed by atoms with Gasteiger partial charge in [-0.1, -0.05) is 33.1 Å². The van der Waals surface area contributed by atoms with E-state index < -0.39 is 0 Å². The Bertz CT molecular complexity index is 734. The third-order valence-electron chi connectivity index (χ3n) is 5.21. The molecule has 0 saturated heterocycles. The third kappa shape index (κ3) is 4.09. The van der Waals surface area contributed by atoms with Crippen molar-refractivity contribution in [2.75, 3.05) is 11.9 Å². The lowest BCUT2D eigenvalue weighted by atomic mass is 9.71. The third-order valence-corrected chi connectivity index (χ3v) is 5.21. The number of aromatic nitrogens is 4. The van der Waals surface area contributed by atoms with Gasteiger partial charge in [0.05, 0.1) is 5.69 Å². The fraction of sp³-hybridized carbons (Fsp3) is 0.579. The van der Waals surface area contributed by atoms with Gasteiger partial charge in [-0.2, -0.15) is 9.78 Å². The number of hydrogen-bond donors (Lipinski definition) is 2. The van der Waals surface area contributed by atoms with Crippen molar-refractivity contribution in [3.05, 3.63) is 30.2 Å². The van der Waals surface area contributed by atoms with Crippen molar-refractivity contribution < 1.29 is 4.79 Å². The van der Waals surface area contributed by atoms with E-state index in [1.165, 1.54) is 6.42 Å². The summed E-state index contributed by atoms with van der Waals surface area (Å²) in [6.07, 6.45) is 9.35. The van der Waals surface area contributed by atoms with Crippen LogP contribution in [0.2, 0.25) is 0 Å². The Morgan fingerprint density at radius 1 is 1.27 bits per heavy atom. The Hall–Kier alpha value is -2.28. The molecule has 1 saturated carbocycles. The summed E-state index contributed by atoms with van der Waals surface area (Å²) in [5.74, 6) is 1.27. The summed E-state index contributed by atoms with van der Waals surface area (Å²) in [4.78, 5) is 21.3. The second-order valence-corrected chi connectivity index (χ2v) is 7.56. The van der Waals surface area contributed by atoms with Crippen LogP contribution in [0.5, 0.6) is 0 Å². The maximum absolute atomic E-state index is 12.8. The smallest absolute Gasteiger partial charge is 0.252 e. The molecular weight excluding hydrogens is 328 g/mol. The molecule has 0 radical (unpaired) electrons. The van der Waals surface area contributed by atoms with E-state index in [-0.39, 0.29) is 17.2 Å². The highest BCUT2D eigenvalue weighted by molar-refractivity contribution is 5.90. The van der Waals surface area contributed by atoms with Crippen LogP contribution in [0.25, 0.3) is 5.95 Å². The number of rotatable bonds is 6. The molecule has 7 nitrogen and oxygen atoms in total. The van der Waals surface area contributed by atoms with Gasteiger partial charge >= 0.3 is 0 Å². The lowest BCUT2D eigenvalue weighted by Crippen LogP contribution is -2.36. The largest absolute Gasteiger partial charge is 0.330 e. The van der Waals surface area contributed by atoms with Crippen LogP contribution in [-0.2, 0) is 4.79 Å². The fourth-order valence-corrected chi connectivity index (χ4v) is 3.61. The highest BCUT2D eigenvalue weighted by Crippen LogP contribution is 2.38. The van der Waals surface area contributed by atoms with Gasteiger partial charge in [-0.15, -0.1) is 0 Å². The van der Waals surface area contributed by atoms with Crippen molar-refractivity contribution in [2.45, 2.75) is 58.3 Å². The molecule has 2 aromatic heterocycles. The van der Waals surface area contributed by atoms with Gasteiger partial charge in [0.15, 0.2) is 0 Å². The molecule has 26 heavy (non-hydrogen) atoms. The van der Waals surface area contributed by atoms with Gasteiger partial charge < -0.3 is 11.1 Å². The van der Waals surface area contributed by atoms with E-state index in [9.17, 15) is 4.79 Å². The predicted molar refractivity (Wildman–Crippen MR) is 101 cm³/mol. The van der Waals surface area contributed by atoms with E-state index in [0.29, 0.717) is 24.7 Å². The van der Waals surface area contributed by atoms with E-state index in [0.717, 1.165) is 31.4 Å². The predicted octanol–water partition coefficient (Wildman–Crippen LogP) is 3.02.